The molecule has 25 heavy (non-hydrogen) atoms. The summed E-state index contributed by atoms with van der Waals surface area (Å²) in [5, 5.41) is 12.5. The van der Waals surface area contributed by atoms with Crippen LogP contribution in [0.1, 0.15) is 22.8 Å². The molecule has 0 aliphatic rings. The molecule has 0 aliphatic heterocycles. The topological polar surface area (TPSA) is 89.8 Å². The Morgan fingerprint density at radius 1 is 1.40 bits per heavy atom. The van der Waals surface area contributed by atoms with Crippen LogP contribution in [0.25, 0.3) is 0 Å². The molecule has 1 atom stereocenters. The first kappa shape index (κ1) is 19.3. The molecule has 136 valence electrons. The van der Waals surface area contributed by atoms with Crippen LogP contribution < -0.4 is 5.32 Å². The number of nitrogens with zero attached hydrogens (tertiary/aromatic N) is 4. The average Bonchev–Trinajstić information content (AvgIpc) is 2.90. The number of halogens is 4. The first-order valence-corrected chi connectivity index (χ1v) is 8.64. The molecule has 2 aromatic rings. The van der Waals surface area contributed by atoms with Crippen molar-refractivity contribution in [1.82, 2.24) is 20.2 Å². The minimum absolute atomic E-state index is 0.0265. The van der Waals surface area contributed by atoms with E-state index in [1.54, 1.807) is 6.92 Å². The van der Waals surface area contributed by atoms with Gasteiger partial charge in [-0.15, -0.1) is 0 Å². The van der Waals surface area contributed by atoms with E-state index in [9.17, 15) is 22.2 Å². The van der Waals surface area contributed by atoms with Gasteiger partial charge in [-0.2, -0.15) is 13.2 Å². The van der Waals surface area contributed by atoms with Crippen LogP contribution in [-0.2, 0) is 24.3 Å². The molecule has 7 nitrogen and oxygen atoms in total. The smallest absolute Gasteiger partial charge is 0.289 e. The minimum atomic E-state index is -4.50. The number of aryl methyl sites for hydroxylation is 1. The lowest BCUT2D eigenvalue weighted by molar-refractivity contribution is -0.127. The summed E-state index contributed by atoms with van der Waals surface area (Å²) >= 11 is 6.11. The van der Waals surface area contributed by atoms with Crippen molar-refractivity contribution >= 4 is 34.3 Å². The van der Waals surface area contributed by atoms with Crippen molar-refractivity contribution in [3.05, 3.63) is 28.3 Å². The molecule has 0 fully saturated rings. The molecule has 0 saturated carbocycles. The number of carbonyl (C=O) groups is 1. The first-order valence-electron chi connectivity index (χ1n) is 6.94. The van der Waals surface area contributed by atoms with Crippen LogP contribution in [0.3, 0.4) is 0 Å². The number of aromatic nitrogens is 4. The third-order valence-corrected chi connectivity index (χ3v) is 5.10. The molecule has 0 aliphatic carbocycles. The van der Waals surface area contributed by atoms with Gasteiger partial charge in [0.15, 0.2) is 0 Å². The number of tetrazole rings is 1. The number of amides is 1. The molecule has 0 bridgehead atoms. The molecule has 0 spiro atoms. The zero-order valence-corrected chi connectivity index (χ0v) is 14.7. The van der Waals surface area contributed by atoms with Crippen LogP contribution >= 0.6 is 11.6 Å². The molecule has 1 unspecified atom stereocenters. The SMILES string of the molecule is CCS(=O)c1c(CC(F)(F)F)ccc(C(=O)Nc2nnnn2C)c1Cl. The number of hydrogen-bond acceptors (Lipinski definition) is 5. The molecule has 1 heterocycles. The summed E-state index contributed by atoms with van der Waals surface area (Å²) in [6, 6.07) is 2.25. The molecular weight excluding hydrogens is 383 g/mol. The number of anilines is 1. The van der Waals surface area contributed by atoms with Crippen molar-refractivity contribution in [2.24, 2.45) is 7.05 Å². The lowest BCUT2D eigenvalue weighted by Gasteiger charge is -2.15. The van der Waals surface area contributed by atoms with Crippen molar-refractivity contribution in [2.75, 3.05) is 11.1 Å². The second kappa shape index (κ2) is 7.48. The number of benzene rings is 1. The molecule has 1 N–H and O–H groups in total. The Balaban J connectivity index is 2.45. The largest absolute Gasteiger partial charge is 0.393 e. The van der Waals surface area contributed by atoms with Gasteiger partial charge in [0, 0.05) is 12.8 Å². The van der Waals surface area contributed by atoms with Gasteiger partial charge in [0.25, 0.3) is 5.91 Å². The van der Waals surface area contributed by atoms with Gasteiger partial charge in [-0.1, -0.05) is 29.7 Å². The number of alkyl halides is 3. The summed E-state index contributed by atoms with van der Waals surface area (Å²) < 4.78 is 51.6. The maximum absolute atomic E-state index is 12.7. The summed E-state index contributed by atoms with van der Waals surface area (Å²) in [5.41, 5.74) is -0.345. The van der Waals surface area contributed by atoms with Gasteiger partial charge in [0.1, 0.15) is 0 Å². The van der Waals surface area contributed by atoms with Crippen LogP contribution in [-0.4, -0.2) is 42.3 Å². The summed E-state index contributed by atoms with van der Waals surface area (Å²) in [4.78, 5) is 12.1. The minimum Gasteiger partial charge on any atom is -0.289 e. The average molecular weight is 396 g/mol. The van der Waals surface area contributed by atoms with E-state index in [4.69, 9.17) is 11.6 Å². The number of rotatable bonds is 5. The highest BCUT2D eigenvalue weighted by Crippen LogP contribution is 2.32. The van der Waals surface area contributed by atoms with E-state index in [1.165, 1.54) is 11.7 Å². The molecule has 0 radical (unpaired) electrons. The van der Waals surface area contributed by atoms with Crippen LogP contribution in [0.2, 0.25) is 5.02 Å². The Morgan fingerprint density at radius 3 is 2.60 bits per heavy atom. The normalized spacial score (nSPS) is 12.9. The lowest BCUT2D eigenvalue weighted by Crippen LogP contribution is -2.19. The van der Waals surface area contributed by atoms with Crippen molar-refractivity contribution in [3.63, 3.8) is 0 Å². The summed E-state index contributed by atoms with van der Waals surface area (Å²) in [6.45, 7) is 1.54. The summed E-state index contributed by atoms with van der Waals surface area (Å²) in [5.74, 6) is -0.641. The van der Waals surface area contributed by atoms with Gasteiger partial charge in [0.2, 0.25) is 5.95 Å². The van der Waals surface area contributed by atoms with E-state index < -0.39 is 29.3 Å². The zero-order valence-electron chi connectivity index (χ0n) is 13.1. The molecule has 0 saturated heterocycles. The Morgan fingerprint density at radius 2 is 2.08 bits per heavy atom. The molecule has 1 aromatic carbocycles. The highest BCUT2D eigenvalue weighted by atomic mass is 35.5. The maximum atomic E-state index is 12.7. The van der Waals surface area contributed by atoms with E-state index in [-0.39, 0.29) is 32.7 Å². The number of carbonyl (C=O) groups excluding carboxylic acids is 1. The van der Waals surface area contributed by atoms with Gasteiger partial charge >= 0.3 is 6.18 Å². The van der Waals surface area contributed by atoms with Crippen molar-refractivity contribution in [2.45, 2.75) is 24.4 Å². The third-order valence-electron chi connectivity index (χ3n) is 3.15. The molecule has 1 amide bonds. The fourth-order valence-corrected chi connectivity index (χ4v) is 3.58. The zero-order chi connectivity index (χ0) is 18.8. The third kappa shape index (κ3) is 4.54. The van der Waals surface area contributed by atoms with Gasteiger partial charge in [-0.3, -0.25) is 14.3 Å². The second-order valence-corrected chi connectivity index (χ2v) is 6.98. The fourth-order valence-electron chi connectivity index (χ4n) is 2.02. The van der Waals surface area contributed by atoms with E-state index in [1.807, 2.05) is 0 Å². The molecular formula is C13H13ClF3N5O2S. The van der Waals surface area contributed by atoms with Crippen LogP contribution in [0, 0.1) is 0 Å². The van der Waals surface area contributed by atoms with Crippen LogP contribution in [0.5, 0.6) is 0 Å². The van der Waals surface area contributed by atoms with Gasteiger partial charge in [-0.05, 0) is 22.1 Å². The Bertz CT molecular complexity index is 824. The number of hydrogen-bond donors (Lipinski definition) is 1. The van der Waals surface area contributed by atoms with Gasteiger partial charge in [-0.25, -0.2) is 4.68 Å². The highest BCUT2D eigenvalue weighted by Gasteiger charge is 2.31. The van der Waals surface area contributed by atoms with E-state index in [0.29, 0.717) is 0 Å². The van der Waals surface area contributed by atoms with E-state index in [2.05, 4.69) is 20.8 Å². The molecule has 1 aromatic heterocycles. The second-order valence-electron chi connectivity index (χ2n) is 4.92. The van der Waals surface area contributed by atoms with E-state index in [0.717, 1.165) is 12.1 Å². The monoisotopic (exact) mass is 395 g/mol. The number of nitrogens with one attached hydrogen (secondary N) is 1. The molecule has 2 rings (SSSR count). The summed E-state index contributed by atoms with van der Waals surface area (Å²) in [7, 11) is -0.288. The van der Waals surface area contributed by atoms with E-state index >= 15 is 0 Å². The lowest BCUT2D eigenvalue weighted by atomic mass is 10.1. The Hall–Kier alpha value is -2.01. The fraction of sp³-hybridized carbons (Fsp3) is 0.385. The van der Waals surface area contributed by atoms with Crippen LogP contribution in [0.15, 0.2) is 17.0 Å². The predicted octanol–water partition coefficient (Wildman–Crippen LogP) is 2.35. The quantitative estimate of drug-likeness (QED) is 0.839. The summed E-state index contributed by atoms with van der Waals surface area (Å²) in [6.07, 6.45) is -5.78. The van der Waals surface area contributed by atoms with Gasteiger partial charge in [0.05, 0.1) is 32.7 Å². The maximum Gasteiger partial charge on any atom is 0.393 e. The Kier molecular flexibility index (Phi) is 5.78. The Labute approximate surface area is 148 Å². The van der Waals surface area contributed by atoms with Gasteiger partial charge < -0.3 is 0 Å². The molecule has 12 heteroatoms. The van der Waals surface area contributed by atoms with Crippen molar-refractivity contribution < 1.29 is 22.2 Å². The first-order chi connectivity index (χ1) is 11.6. The predicted molar refractivity (Wildman–Crippen MR) is 84.9 cm³/mol. The van der Waals surface area contributed by atoms with Crippen LogP contribution in [0.4, 0.5) is 19.1 Å². The highest BCUT2D eigenvalue weighted by molar-refractivity contribution is 7.85. The van der Waals surface area contributed by atoms with Crippen molar-refractivity contribution in [3.8, 4) is 0 Å². The standard InChI is InChI=1S/C13H13ClF3N5O2S/c1-3-25(24)10-7(6-13(15,16)17)4-5-8(9(10)14)11(23)18-12-19-20-21-22(12)2/h4-5H,3,6H2,1-2H3,(H,18,19,21,23). The van der Waals surface area contributed by atoms with Crippen molar-refractivity contribution in [1.29, 1.82) is 0 Å².